The molecule has 2 aromatic carbocycles. The van der Waals surface area contributed by atoms with Crippen LogP contribution in [0.5, 0.6) is 5.75 Å². The van der Waals surface area contributed by atoms with Gasteiger partial charge in [-0.25, -0.2) is 4.79 Å². The molecule has 148 valence electrons. The molecular formula is C23H26ClNO3. The summed E-state index contributed by atoms with van der Waals surface area (Å²) in [4.78, 5) is 23.1. The number of unbranched alkanes of at least 4 members (excludes halogenated alkanes) is 4. The zero-order chi connectivity index (χ0) is 20.4. The van der Waals surface area contributed by atoms with Crippen molar-refractivity contribution in [3.8, 4) is 5.75 Å². The Morgan fingerprint density at radius 1 is 1.04 bits per heavy atom. The van der Waals surface area contributed by atoms with E-state index in [9.17, 15) is 9.59 Å². The van der Waals surface area contributed by atoms with Crippen molar-refractivity contribution < 1.29 is 14.3 Å². The van der Waals surface area contributed by atoms with Gasteiger partial charge in [0.25, 0.3) is 0 Å². The molecule has 0 fully saturated rings. The molecule has 0 saturated carbocycles. The molecule has 0 spiro atoms. The molecule has 0 saturated heterocycles. The van der Waals surface area contributed by atoms with Crippen LogP contribution >= 0.6 is 11.6 Å². The first kappa shape index (κ1) is 21.7. The first-order valence-corrected chi connectivity index (χ1v) is 9.95. The summed E-state index contributed by atoms with van der Waals surface area (Å²) in [5.74, 6) is -0.904. The third-order valence-electron chi connectivity index (χ3n) is 4.39. The minimum Gasteiger partial charge on any atom is -0.423 e. The number of carbonyl (C=O) groups is 2. The molecule has 0 atom stereocenters. The van der Waals surface area contributed by atoms with Gasteiger partial charge in [-0.15, -0.1) is 0 Å². The Morgan fingerprint density at radius 3 is 2.39 bits per heavy atom. The number of carbonyl (C=O) groups excluding carboxylic acids is 2. The standard InChI is InChI=1S/C23H26ClNO3/c1-2-3-4-5-6-7-17-8-10-18(11-9-17)12-15-22(26)28-19-13-14-20(23(25)27)21(24)16-19/h8-16H,2-7H2,1H3,(H2,25,27). The number of amides is 1. The predicted molar refractivity (Wildman–Crippen MR) is 114 cm³/mol. The number of esters is 1. The molecule has 0 radical (unpaired) electrons. The summed E-state index contributed by atoms with van der Waals surface area (Å²) in [6.45, 7) is 2.22. The van der Waals surface area contributed by atoms with E-state index in [0.717, 1.165) is 12.0 Å². The van der Waals surface area contributed by atoms with Gasteiger partial charge in [0, 0.05) is 12.1 Å². The van der Waals surface area contributed by atoms with E-state index < -0.39 is 11.9 Å². The molecule has 0 bridgehead atoms. The zero-order valence-electron chi connectivity index (χ0n) is 16.1. The highest BCUT2D eigenvalue weighted by Gasteiger charge is 2.09. The first-order chi connectivity index (χ1) is 13.5. The van der Waals surface area contributed by atoms with Gasteiger partial charge in [0.15, 0.2) is 0 Å². The van der Waals surface area contributed by atoms with Crippen LogP contribution in [0.4, 0.5) is 0 Å². The van der Waals surface area contributed by atoms with Crippen LogP contribution in [-0.4, -0.2) is 11.9 Å². The Labute approximate surface area is 171 Å². The third kappa shape index (κ3) is 7.20. The maximum Gasteiger partial charge on any atom is 0.336 e. The molecule has 0 heterocycles. The van der Waals surface area contributed by atoms with E-state index in [1.54, 1.807) is 6.08 Å². The number of ether oxygens (including phenoxy) is 1. The molecular weight excluding hydrogens is 374 g/mol. The minimum atomic E-state index is -0.632. The summed E-state index contributed by atoms with van der Waals surface area (Å²) in [6, 6.07) is 12.5. The quantitative estimate of drug-likeness (QED) is 0.245. The molecule has 0 unspecified atom stereocenters. The number of hydrogen-bond acceptors (Lipinski definition) is 3. The van der Waals surface area contributed by atoms with Gasteiger partial charge >= 0.3 is 5.97 Å². The lowest BCUT2D eigenvalue weighted by Gasteiger charge is -2.04. The van der Waals surface area contributed by atoms with Crippen LogP contribution < -0.4 is 10.5 Å². The summed E-state index contributed by atoms with van der Waals surface area (Å²) in [7, 11) is 0. The van der Waals surface area contributed by atoms with E-state index in [2.05, 4.69) is 19.1 Å². The second-order valence-electron chi connectivity index (χ2n) is 6.67. The third-order valence-corrected chi connectivity index (χ3v) is 4.70. The molecule has 0 aliphatic rings. The van der Waals surface area contributed by atoms with Crippen LogP contribution in [0.3, 0.4) is 0 Å². The van der Waals surface area contributed by atoms with Crippen molar-refractivity contribution in [2.45, 2.75) is 45.4 Å². The van der Waals surface area contributed by atoms with Gasteiger partial charge < -0.3 is 10.5 Å². The molecule has 0 aromatic heterocycles. The average Bonchev–Trinajstić information content (AvgIpc) is 2.67. The Kier molecular flexibility index (Phi) is 8.76. The smallest absolute Gasteiger partial charge is 0.336 e. The summed E-state index contributed by atoms with van der Waals surface area (Å²) in [5.41, 5.74) is 7.61. The summed E-state index contributed by atoms with van der Waals surface area (Å²) in [5, 5.41) is 0.145. The van der Waals surface area contributed by atoms with E-state index in [4.69, 9.17) is 22.1 Å². The molecule has 0 aliphatic heterocycles. The van der Waals surface area contributed by atoms with Crippen molar-refractivity contribution in [1.82, 2.24) is 0 Å². The van der Waals surface area contributed by atoms with Gasteiger partial charge in [0.1, 0.15) is 5.75 Å². The van der Waals surface area contributed by atoms with Crippen molar-refractivity contribution in [2.24, 2.45) is 5.73 Å². The summed E-state index contributed by atoms with van der Waals surface area (Å²) >= 11 is 5.95. The predicted octanol–water partition coefficient (Wildman–Crippen LogP) is 5.57. The second-order valence-corrected chi connectivity index (χ2v) is 7.07. The Hall–Kier alpha value is -2.59. The highest BCUT2D eigenvalue weighted by molar-refractivity contribution is 6.33. The number of nitrogens with two attached hydrogens (primary N) is 1. The van der Waals surface area contributed by atoms with E-state index in [1.807, 2.05) is 12.1 Å². The summed E-state index contributed by atoms with van der Waals surface area (Å²) < 4.78 is 5.20. The average molecular weight is 400 g/mol. The molecule has 28 heavy (non-hydrogen) atoms. The lowest BCUT2D eigenvalue weighted by atomic mass is 10.0. The summed E-state index contributed by atoms with van der Waals surface area (Å²) in [6.07, 6.45) is 10.5. The fourth-order valence-corrected chi connectivity index (χ4v) is 3.07. The molecule has 2 rings (SSSR count). The topological polar surface area (TPSA) is 69.4 Å². The van der Waals surface area contributed by atoms with Crippen molar-refractivity contribution in [3.05, 3.63) is 70.3 Å². The fourth-order valence-electron chi connectivity index (χ4n) is 2.80. The number of primary amides is 1. The highest BCUT2D eigenvalue weighted by atomic mass is 35.5. The van der Waals surface area contributed by atoms with Gasteiger partial charge in [0.05, 0.1) is 10.6 Å². The van der Waals surface area contributed by atoms with Gasteiger partial charge in [-0.05, 0) is 42.2 Å². The minimum absolute atomic E-state index is 0.145. The maximum atomic E-state index is 12.0. The lowest BCUT2D eigenvalue weighted by Crippen LogP contribution is -2.11. The molecule has 0 aliphatic carbocycles. The fraction of sp³-hybridized carbons (Fsp3) is 0.304. The van der Waals surface area contributed by atoms with Crippen molar-refractivity contribution in [3.63, 3.8) is 0 Å². The van der Waals surface area contributed by atoms with Gasteiger partial charge in [-0.3, -0.25) is 4.79 Å². The van der Waals surface area contributed by atoms with E-state index >= 15 is 0 Å². The van der Waals surface area contributed by atoms with Gasteiger partial charge in [0.2, 0.25) is 5.91 Å². The SMILES string of the molecule is CCCCCCCc1ccc(C=CC(=O)Oc2ccc(C(N)=O)c(Cl)c2)cc1. The van der Waals surface area contributed by atoms with E-state index in [0.29, 0.717) is 0 Å². The maximum absolute atomic E-state index is 12.0. The molecule has 5 heteroatoms. The monoisotopic (exact) mass is 399 g/mol. The normalized spacial score (nSPS) is 10.9. The molecule has 1 amide bonds. The zero-order valence-corrected chi connectivity index (χ0v) is 16.9. The molecule has 2 aromatic rings. The van der Waals surface area contributed by atoms with Crippen molar-refractivity contribution in [1.29, 1.82) is 0 Å². The van der Waals surface area contributed by atoms with Crippen LogP contribution in [0.1, 0.15) is 60.5 Å². The van der Waals surface area contributed by atoms with Crippen LogP contribution in [0.25, 0.3) is 6.08 Å². The van der Waals surface area contributed by atoms with Crippen LogP contribution in [-0.2, 0) is 11.2 Å². The lowest BCUT2D eigenvalue weighted by molar-refractivity contribution is -0.128. The van der Waals surface area contributed by atoms with Gasteiger partial charge in [-0.2, -0.15) is 0 Å². The van der Waals surface area contributed by atoms with Crippen LogP contribution in [0, 0.1) is 0 Å². The Balaban J connectivity index is 1.85. The Morgan fingerprint density at radius 2 is 1.75 bits per heavy atom. The largest absolute Gasteiger partial charge is 0.423 e. The molecule has 4 nitrogen and oxygen atoms in total. The molecule has 2 N–H and O–H groups in total. The number of rotatable bonds is 10. The first-order valence-electron chi connectivity index (χ1n) is 9.57. The highest BCUT2D eigenvalue weighted by Crippen LogP contribution is 2.22. The van der Waals surface area contributed by atoms with Crippen LogP contribution in [0.2, 0.25) is 5.02 Å². The van der Waals surface area contributed by atoms with Crippen molar-refractivity contribution >= 4 is 29.6 Å². The van der Waals surface area contributed by atoms with Crippen molar-refractivity contribution in [2.75, 3.05) is 0 Å². The number of aryl methyl sites for hydroxylation is 1. The van der Waals surface area contributed by atoms with Gasteiger partial charge in [-0.1, -0.05) is 68.5 Å². The van der Waals surface area contributed by atoms with Crippen LogP contribution in [0.15, 0.2) is 48.5 Å². The number of benzene rings is 2. The van der Waals surface area contributed by atoms with E-state index in [-0.39, 0.29) is 16.3 Å². The number of hydrogen-bond donors (Lipinski definition) is 1. The Bertz CT molecular complexity index is 828. The second kappa shape index (κ2) is 11.3. The number of halogens is 1. The van der Waals surface area contributed by atoms with E-state index in [1.165, 1.54) is 61.9 Å².